The summed E-state index contributed by atoms with van der Waals surface area (Å²) in [5, 5.41) is 14.5. The lowest BCUT2D eigenvalue weighted by Gasteiger charge is -2.21. The standard InChI is InChI=1S/C27H21N7O/c1-2-6-23(26-30-32-33-31-26)22(5-1)21-11-9-19(10-12-21)17-34(18-20-13-15-28-16-14-20)27-29-24-7-3-4-8-25(24)35-27/h1-16H,17-18H2,(H,30,31,32,33). The molecule has 0 saturated heterocycles. The lowest BCUT2D eigenvalue weighted by Crippen LogP contribution is -2.22. The molecule has 8 heteroatoms. The molecule has 8 nitrogen and oxygen atoms in total. The first kappa shape index (κ1) is 20.7. The van der Waals surface area contributed by atoms with Gasteiger partial charge in [0.2, 0.25) is 5.82 Å². The zero-order valence-corrected chi connectivity index (χ0v) is 18.7. The van der Waals surface area contributed by atoms with E-state index in [1.54, 1.807) is 12.4 Å². The van der Waals surface area contributed by atoms with Crippen molar-refractivity contribution in [2.75, 3.05) is 4.90 Å². The number of hydrogen-bond donors (Lipinski definition) is 1. The molecule has 0 fully saturated rings. The van der Waals surface area contributed by atoms with Gasteiger partial charge in [-0.2, -0.15) is 10.2 Å². The van der Waals surface area contributed by atoms with E-state index in [0.29, 0.717) is 24.9 Å². The maximum atomic E-state index is 6.10. The second kappa shape index (κ2) is 9.18. The van der Waals surface area contributed by atoms with Gasteiger partial charge in [-0.25, -0.2) is 0 Å². The van der Waals surface area contributed by atoms with Crippen LogP contribution < -0.4 is 4.90 Å². The molecule has 3 aromatic carbocycles. The Labute approximate surface area is 201 Å². The first-order chi connectivity index (χ1) is 17.3. The van der Waals surface area contributed by atoms with Gasteiger partial charge in [-0.05, 0) is 51.7 Å². The molecule has 0 amide bonds. The predicted octanol–water partition coefficient (Wildman–Crippen LogP) is 5.28. The number of benzene rings is 3. The van der Waals surface area contributed by atoms with Gasteiger partial charge in [0.1, 0.15) is 5.52 Å². The predicted molar refractivity (Wildman–Crippen MR) is 133 cm³/mol. The number of oxazole rings is 1. The van der Waals surface area contributed by atoms with Gasteiger partial charge in [-0.15, -0.1) is 10.2 Å². The summed E-state index contributed by atoms with van der Waals surface area (Å²) in [6.07, 6.45) is 3.60. The second-order valence-electron chi connectivity index (χ2n) is 8.15. The molecule has 0 aliphatic carbocycles. The van der Waals surface area contributed by atoms with Crippen molar-refractivity contribution >= 4 is 17.1 Å². The van der Waals surface area contributed by atoms with Gasteiger partial charge in [0.05, 0.1) is 0 Å². The fourth-order valence-corrected chi connectivity index (χ4v) is 4.11. The number of fused-ring (bicyclic) bond motifs is 1. The highest BCUT2D eigenvalue weighted by Crippen LogP contribution is 2.30. The Morgan fingerprint density at radius 2 is 1.46 bits per heavy atom. The number of anilines is 1. The number of nitrogens with one attached hydrogen (secondary N) is 1. The second-order valence-corrected chi connectivity index (χ2v) is 8.15. The molecule has 1 N–H and O–H groups in total. The molecule has 170 valence electrons. The van der Waals surface area contributed by atoms with Gasteiger partial charge in [0.25, 0.3) is 6.01 Å². The Balaban J connectivity index is 1.30. The van der Waals surface area contributed by atoms with E-state index in [2.05, 4.69) is 60.8 Å². The third kappa shape index (κ3) is 4.37. The molecular formula is C27H21N7O. The minimum absolute atomic E-state index is 0.573. The highest BCUT2D eigenvalue weighted by molar-refractivity contribution is 5.80. The van der Waals surface area contributed by atoms with Gasteiger partial charge in [0.15, 0.2) is 5.58 Å². The van der Waals surface area contributed by atoms with Crippen LogP contribution in [0.1, 0.15) is 11.1 Å². The number of tetrazole rings is 1. The SMILES string of the molecule is c1ccc(-c2nn[nH]n2)c(-c2ccc(CN(Cc3ccncc3)c3nc4ccccc4o3)cc2)c1. The van der Waals surface area contributed by atoms with Crippen molar-refractivity contribution in [2.24, 2.45) is 0 Å². The lowest BCUT2D eigenvalue weighted by atomic mass is 9.98. The number of aromatic amines is 1. The average molecular weight is 460 g/mol. The van der Waals surface area contributed by atoms with Crippen molar-refractivity contribution in [3.63, 3.8) is 0 Å². The zero-order chi connectivity index (χ0) is 23.5. The van der Waals surface area contributed by atoms with E-state index in [-0.39, 0.29) is 0 Å². The van der Waals surface area contributed by atoms with Gasteiger partial charge in [-0.3, -0.25) is 4.98 Å². The molecule has 0 aliphatic heterocycles. The minimum Gasteiger partial charge on any atom is -0.423 e. The normalized spacial score (nSPS) is 11.1. The molecule has 3 heterocycles. The number of rotatable bonds is 7. The number of para-hydroxylation sites is 2. The van der Waals surface area contributed by atoms with E-state index in [1.807, 2.05) is 54.6 Å². The van der Waals surface area contributed by atoms with E-state index in [1.165, 1.54) is 0 Å². The van der Waals surface area contributed by atoms with E-state index in [0.717, 1.165) is 38.9 Å². The average Bonchev–Trinajstić information content (AvgIpc) is 3.60. The third-order valence-corrected chi connectivity index (χ3v) is 5.83. The summed E-state index contributed by atoms with van der Waals surface area (Å²) < 4.78 is 6.10. The van der Waals surface area contributed by atoms with Crippen LogP contribution in [0, 0.1) is 0 Å². The van der Waals surface area contributed by atoms with Crippen LogP contribution in [0.2, 0.25) is 0 Å². The van der Waals surface area contributed by atoms with Crippen LogP contribution in [0.25, 0.3) is 33.6 Å². The molecule has 6 aromatic rings. The van der Waals surface area contributed by atoms with Crippen molar-refractivity contribution < 1.29 is 4.42 Å². The molecule has 0 bridgehead atoms. The summed E-state index contributed by atoms with van der Waals surface area (Å²) in [7, 11) is 0. The van der Waals surface area contributed by atoms with Crippen LogP contribution in [0.4, 0.5) is 6.01 Å². The Bertz CT molecular complexity index is 1510. The summed E-state index contributed by atoms with van der Waals surface area (Å²) in [6.45, 7) is 1.29. The van der Waals surface area contributed by atoms with Crippen LogP contribution >= 0.6 is 0 Å². The zero-order valence-electron chi connectivity index (χ0n) is 18.7. The number of H-pyrrole nitrogens is 1. The molecule has 0 saturated carbocycles. The van der Waals surface area contributed by atoms with Crippen LogP contribution in [-0.2, 0) is 13.1 Å². The lowest BCUT2D eigenvalue weighted by molar-refractivity contribution is 0.562. The van der Waals surface area contributed by atoms with E-state index < -0.39 is 0 Å². The fraction of sp³-hybridized carbons (Fsp3) is 0.0741. The molecule has 3 aromatic heterocycles. The maximum absolute atomic E-state index is 6.10. The van der Waals surface area contributed by atoms with Crippen molar-refractivity contribution in [3.8, 4) is 22.5 Å². The summed E-state index contributed by atoms with van der Waals surface area (Å²) in [5.41, 5.74) is 6.95. The van der Waals surface area contributed by atoms with Crippen molar-refractivity contribution in [1.29, 1.82) is 0 Å². The van der Waals surface area contributed by atoms with Gasteiger partial charge in [0, 0.05) is 31.0 Å². The quantitative estimate of drug-likeness (QED) is 0.347. The molecule has 6 rings (SSSR count). The monoisotopic (exact) mass is 459 g/mol. The first-order valence-electron chi connectivity index (χ1n) is 11.2. The van der Waals surface area contributed by atoms with Gasteiger partial charge < -0.3 is 9.32 Å². The summed E-state index contributed by atoms with van der Waals surface area (Å²) in [5.74, 6) is 0.573. The van der Waals surface area contributed by atoms with E-state index in [4.69, 9.17) is 9.40 Å². The first-order valence-corrected chi connectivity index (χ1v) is 11.2. The van der Waals surface area contributed by atoms with Crippen molar-refractivity contribution in [1.82, 2.24) is 30.6 Å². The number of hydrogen-bond acceptors (Lipinski definition) is 7. The van der Waals surface area contributed by atoms with Crippen molar-refractivity contribution in [3.05, 3.63) is 108 Å². The van der Waals surface area contributed by atoms with Gasteiger partial charge in [-0.1, -0.05) is 60.7 Å². The van der Waals surface area contributed by atoms with Crippen LogP contribution in [-0.4, -0.2) is 30.6 Å². The Morgan fingerprint density at radius 1 is 0.743 bits per heavy atom. The Kier molecular flexibility index (Phi) is 5.44. The highest BCUT2D eigenvalue weighted by Gasteiger charge is 2.16. The summed E-state index contributed by atoms with van der Waals surface area (Å²) in [6, 6.07) is 29.0. The summed E-state index contributed by atoms with van der Waals surface area (Å²) in [4.78, 5) is 11.0. The van der Waals surface area contributed by atoms with E-state index in [9.17, 15) is 0 Å². The number of aromatic nitrogens is 6. The Morgan fingerprint density at radius 3 is 2.20 bits per heavy atom. The molecule has 0 spiro atoms. The Hall–Kier alpha value is -4.85. The molecule has 0 aliphatic rings. The van der Waals surface area contributed by atoms with Crippen LogP contribution in [0.5, 0.6) is 0 Å². The topological polar surface area (TPSA) is 96.6 Å². The molecule has 0 unspecified atom stereocenters. The van der Waals surface area contributed by atoms with E-state index >= 15 is 0 Å². The fourth-order valence-electron chi connectivity index (χ4n) is 4.11. The third-order valence-electron chi connectivity index (χ3n) is 5.83. The van der Waals surface area contributed by atoms with Gasteiger partial charge >= 0.3 is 0 Å². The number of nitrogens with zero attached hydrogens (tertiary/aromatic N) is 6. The highest BCUT2D eigenvalue weighted by atomic mass is 16.4. The number of pyridine rings is 1. The van der Waals surface area contributed by atoms with Crippen LogP contribution in [0.15, 0.2) is 102 Å². The molecule has 0 radical (unpaired) electrons. The molecule has 35 heavy (non-hydrogen) atoms. The molecular weight excluding hydrogens is 438 g/mol. The maximum Gasteiger partial charge on any atom is 0.298 e. The van der Waals surface area contributed by atoms with Crippen molar-refractivity contribution in [2.45, 2.75) is 13.1 Å². The molecule has 0 atom stereocenters. The largest absolute Gasteiger partial charge is 0.423 e. The summed E-state index contributed by atoms with van der Waals surface area (Å²) >= 11 is 0. The minimum atomic E-state index is 0.573. The smallest absolute Gasteiger partial charge is 0.298 e. The van der Waals surface area contributed by atoms with Crippen LogP contribution in [0.3, 0.4) is 0 Å².